The number of hydrogen-bond acceptors (Lipinski definition) is 3. The number of rotatable bonds is 9. The summed E-state index contributed by atoms with van der Waals surface area (Å²) in [5.41, 5.74) is 1.32. The molecular formula is C14H22N4O. The molecule has 1 N–H and O–H groups in total. The van der Waals surface area contributed by atoms with Crippen LogP contribution in [-0.2, 0) is 24.4 Å². The molecule has 0 aliphatic heterocycles. The first-order valence-electron chi connectivity index (χ1n) is 6.68. The molecule has 0 saturated carbocycles. The molecule has 0 saturated heterocycles. The Hall–Kier alpha value is -1.59. The third kappa shape index (κ3) is 4.89. The van der Waals surface area contributed by atoms with Crippen LogP contribution in [0, 0.1) is 0 Å². The molecule has 5 nitrogen and oxygen atoms in total. The van der Waals surface area contributed by atoms with Crippen LogP contribution in [0.3, 0.4) is 0 Å². The molecule has 0 unspecified atom stereocenters. The van der Waals surface area contributed by atoms with Gasteiger partial charge in [0.15, 0.2) is 0 Å². The number of nitrogens with zero attached hydrogens (tertiary/aromatic N) is 3. The fourth-order valence-electron chi connectivity index (χ4n) is 2.00. The van der Waals surface area contributed by atoms with E-state index >= 15 is 0 Å². The van der Waals surface area contributed by atoms with Crippen LogP contribution in [-0.4, -0.2) is 34.4 Å². The maximum atomic E-state index is 5.00. The number of ether oxygens (including phenoxy) is 1. The number of aryl methyl sites for hydroxylation is 2. The Kier molecular flexibility index (Phi) is 5.65. The van der Waals surface area contributed by atoms with Gasteiger partial charge in [-0.3, -0.25) is 0 Å². The molecule has 2 aromatic heterocycles. The Morgan fingerprint density at radius 2 is 2.16 bits per heavy atom. The number of nitrogens with one attached hydrogen (secondary N) is 1. The van der Waals surface area contributed by atoms with Gasteiger partial charge in [-0.15, -0.1) is 0 Å². The van der Waals surface area contributed by atoms with Crippen LogP contribution in [0.25, 0.3) is 0 Å². The summed E-state index contributed by atoms with van der Waals surface area (Å²) in [4.78, 5) is 4.04. The topological polar surface area (TPSA) is 44.0 Å². The number of imidazole rings is 1. The molecule has 0 aliphatic carbocycles. The molecule has 2 aromatic rings. The Labute approximate surface area is 114 Å². The quantitative estimate of drug-likeness (QED) is 0.697. The molecule has 0 radical (unpaired) electrons. The van der Waals surface area contributed by atoms with E-state index in [1.165, 1.54) is 5.56 Å². The predicted octanol–water partition coefficient (Wildman–Crippen LogP) is 1.51. The van der Waals surface area contributed by atoms with Crippen molar-refractivity contribution in [2.24, 2.45) is 0 Å². The van der Waals surface area contributed by atoms with E-state index in [9.17, 15) is 0 Å². The van der Waals surface area contributed by atoms with Gasteiger partial charge in [-0.2, -0.15) is 0 Å². The van der Waals surface area contributed by atoms with Crippen molar-refractivity contribution in [2.75, 3.05) is 20.3 Å². The molecule has 0 bridgehead atoms. The fourth-order valence-corrected chi connectivity index (χ4v) is 2.00. The molecule has 2 rings (SSSR count). The van der Waals surface area contributed by atoms with Crippen molar-refractivity contribution in [1.82, 2.24) is 19.4 Å². The molecule has 5 heteroatoms. The van der Waals surface area contributed by atoms with E-state index in [0.717, 1.165) is 39.2 Å². The Bertz CT molecular complexity index is 450. The van der Waals surface area contributed by atoms with Gasteiger partial charge in [0.2, 0.25) is 0 Å². The summed E-state index contributed by atoms with van der Waals surface area (Å²) in [7, 11) is 1.72. The Morgan fingerprint density at radius 1 is 1.26 bits per heavy atom. The van der Waals surface area contributed by atoms with Gasteiger partial charge in [0.05, 0.1) is 12.9 Å². The highest BCUT2D eigenvalue weighted by molar-refractivity contribution is 5.09. The number of hydrogen-bond donors (Lipinski definition) is 1. The molecule has 19 heavy (non-hydrogen) atoms. The summed E-state index contributed by atoms with van der Waals surface area (Å²) in [5.74, 6) is 0. The maximum Gasteiger partial charge on any atom is 0.0945 e. The van der Waals surface area contributed by atoms with Crippen molar-refractivity contribution < 1.29 is 4.74 Å². The zero-order chi connectivity index (χ0) is 13.3. The lowest BCUT2D eigenvalue weighted by atomic mass is 10.3. The minimum atomic E-state index is 0.756. The molecular weight excluding hydrogens is 240 g/mol. The largest absolute Gasteiger partial charge is 0.383 e. The lowest BCUT2D eigenvalue weighted by molar-refractivity contribution is 0.199. The van der Waals surface area contributed by atoms with Crippen molar-refractivity contribution in [2.45, 2.75) is 26.1 Å². The molecule has 0 atom stereocenters. The monoisotopic (exact) mass is 262 g/mol. The highest BCUT2D eigenvalue weighted by atomic mass is 16.5. The molecule has 0 aliphatic rings. The lowest BCUT2D eigenvalue weighted by Crippen LogP contribution is -2.18. The second-order valence-corrected chi connectivity index (χ2v) is 4.58. The van der Waals surface area contributed by atoms with Gasteiger partial charge >= 0.3 is 0 Å². The number of aromatic nitrogens is 3. The summed E-state index contributed by atoms with van der Waals surface area (Å²) in [5, 5.41) is 3.34. The van der Waals surface area contributed by atoms with Crippen LogP contribution >= 0.6 is 0 Å². The zero-order valence-electron chi connectivity index (χ0n) is 11.5. The third-order valence-electron chi connectivity index (χ3n) is 3.02. The van der Waals surface area contributed by atoms with Gasteiger partial charge in [0, 0.05) is 58.1 Å². The third-order valence-corrected chi connectivity index (χ3v) is 3.02. The van der Waals surface area contributed by atoms with Gasteiger partial charge in [0.1, 0.15) is 0 Å². The van der Waals surface area contributed by atoms with E-state index in [-0.39, 0.29) is 0 Å². The lowest BCUT2D eigenvalue weighted by Gasteiger charge is -2.04. The van der Waals surface area contributed by atoms with Crippen LogP contribution < -0.4 is 5.32 Å². The number of methoxy groups -OCH3 is 1. The van der Waals surface area contributed by atoms with Gasteiger partial charge in [0.25, 0.3) is 0 Å². The Morgan fingerprint density at radius 3 is 2.95 bits per heavy atom. The van der Waals surface area contributed by atoms with Crippen molar-refractivity contribution in [1.29, 1.82) is 0 Å². The minimum Gasteiger partial charge on any atom is -0.383 e. The molecule has 0 amide bonds. The first-order chi connectivity index (χ1) is 9.38. The van der Waals surface area contributed by atoms with Gasteiger partial charge in [-0.05, 0) is 18.1 Å². The van der Waals surface area contributed by atoms with E-state index < -0.39 is 0 Å². The second kappa shape index (κ2) is 7.76. The first kappa shape index (κ1) is 13.8. The normalized spacial score (nSPS) is 11.0. The minimum absolute atomic E-state index is 0.756. The molecule has 0 spiro atoms. The highest BCUT2D eigenvalue weighted by Crippen LogP contribution is 2.03. The smallest absolute Gasteiger partial charge is 0.0945 e. The molecule has 2 heterocycles. The summed E-state index contributed by atoms with van der Waals surface area (Å²) < 4.78 is 9.35. The van der Waals surface area contributed by atoms with Crippen LogP contribution in [0.2, 0.25) is 0 Å². The van der Waals surface area contributed by atoms with Crippen LogP contribution in [0.1, 0.15) is 12.0 Å². The zero-order valence-corrected chi connectivity index (χ0v) is 11.5. The standard InChI is InChI=1S/C14H22N4O/c1-19-10-5-15-11-14-3-8-17(12-14)6-2-7-18-9-4-16-13-18/h3-4,8-9,12-13,15H,2,5-7,10-11H2,1H3. The van der Waals surface area contributed by atoms with Crippen molar-refractivity contribution in [3.8, 4) is 0 Å². The van der Waals surface area contributed by atoms with E-state index in [0.29, 0.717) is 0 Å². The summed E-state index contributed by atoms with van der Waals surface area (Å²) in [6.07, 6.45) is 11.1. The highest BCUT2D eigenvalue weighted by Gasteiger charge is 1.97. The maximum absolute atomic E-state index is 5.00. The summed E-state index contributed by atoms with van der Waals surface area (Å²) >= 11 is 0. The average molecular weight is 262 g/mol. The van der Waals surface area contributed by atoms with Gasteiger partial charge in [-0.1, -0.05) is 0 Å². The van der Waals surface area contributed by atoms with E-state index in [1.54, 1.807) is 7.11 Å². The average Bonchev–Trinajstić information content (AvgIpc) is 3.07. The Balaban J connectivity index is 1.65. The molecule has 104 valence electrons. The predicted molar refractivity (Wildman–Crippen MR) is 74.9 cm³/mol. The fraction of sp³-hybridized carbons (Fsp3) is 0.500. The van der Waals surface area contributed by atoms with Crippen LogP contribution in [0.15, 0.2) is 37.2 Å². The van der Waals surface area contributed by atoms with E-state index in [2.05, 4.69) is 37.9 Å². The van der Waals surface area contributed by atoms with Gasteiger partial charge in [-0.25, -0.2) is 4.98 Å². The second-order valence-electron chi connectivity index (χ2n) is 4.58. The summed E-state index contributed by atoms with van der Waals surface area (Å²) in [6, 6.07) is 2.16. The van der Waals surface area contributed by atoms with Crippen LogP contribution in [0.4, 0.5) is 0 Å². The first-order valence-corrected chi connectivity index (χ1v) is 6.68. The van der Waals surface area contributed by atoms with Crippen molar-refractivity contribution in [3.05, 3.63) is 42.7 Å². The molecule has 0 fully saturated rings. The van der Waals surface area contributed by atoms with Gasteiger partial charge < -0.3 is 19.2 Å². The van der Waals surface area contributed by atoms with Crippen molar-refractivity contribution in [3.63, 3.8) is 0 Å². The van der Waals surface area contributed by atoms with Crippen LogP contribution in [0.5, 0.6) is 0 Å². The SMILES string of the molecule is COCCNCc1ccn(CCCn2ccnc2)c1. The molecule has 0 aromatic carbocycles. The summed E-state index contributed by atoms with van der Waals surface area (Å²) in [6.45, 7) is 4.60. The van der Waals surface area contributed by atoms with E-state index in [4.69, 9.17) is 4.74 Å². The van der Waals surface area contributed by atoms with E-state index in [1.807, 2.05) is 18.7 Å². The van der Waals surface area contributed by atoms with Crippen molar-refractivity contribution >= 4 is 0 Å².